The SMILES string of the molecule is CC(C)(C)OC(=O)N1CCC(Oc2cccc(Cc3ccc(Cl)cc3)c2Cl)CC1. The zero-order chi connectivity index (χ0) is 21.0. The van der Waals surface area contributed by atoms with Crippen molar-refractivity contribution in [3.8, 4) is 5.75 Å². The van der Waals surface area contributed by atoms with Gasteiger partial charge in [0, 0.05) is 31.0 Å². The summed E-state index contributed by atoms with van der Waals surface area (Å²) >= 11 is 12.6. The van der Waals surface area contributed by atoms with Gasteiger partial charge in [-0.05, 0) is 56.5 Å². The Hall–Kier alpha value is -1.91. The van der Waals surface area contributed by atoms with Gasteiger partial charge in [-0.15, -0.1) is 0 Å². The van der Waals surface area contributed by atoms with E-state index in [0.29, 0.717) is 30.3 Å². The molecule has 1 heterocycles. The number of nitrogens with zero attached hydrogens (tertiary/aromatic N) is 1. The first-order valence-electron chi connectivity index (χ1n) is 9.88. The van der Waals surface area contributed by atoms with Crippen LogP contribution in [-0.2, 0) is 11.2 Å². The molecule has 2 aromatic rings. The average Bonchev–Trinajstić information content (AvgIpc) is 2.66. The number of piperidine rings is 1. The van der Waals surface area contributed by atoms with Crippen LogP contribution in [0.5, 0.6) is 5.75 Å². The van der Waals surface area contributed by atoms with E-state index in [-0.39, 0.29) is 12.2 Å². The molecule has 1 amide bonds. The van der Waals surface area contributed by atoms with E-state index in [9.17, 15) is 4.79 Å². The molecule has 156 valence electrons. The lowest BCUT2D eigenvalue weighted by molar-refractivity contribution is 0.0126. The maximum absolute atomic E-state index is 12.2. The number of rotatable bonds is 4. The van der Waals surface area contributed by atoms with Crippen molar-refractivity contribution in [1.29, 1.82) is 0 Å². The number of carbonyl (C=O) groups is 1. The van der Waals surface area contributed by atoms with Gasteiger partial charge in [-0.25, -0.2) is 4.79 Å². The summed E-state index contributed by atoms with van der Waals surface area (Å²) in [6.45, 7) is 6.85. The highest BCUT2D eigenvalue weighted by molar-refractivity contribution is 6.32. The van der Waals surface area contributed by atoms with Gasteiger partial charge >= 0.3 is 6.09 Å². The van der Waals surface area contributed by atoms with Gasteiger partial charge in [-0.3, -0.25) is 0 Å². The molecule has 0 N–H and O–H groups in total. The van der Waals surface area contributed by atoms with Crippen molar-refractivity contribution >= 4 is 29.3 Å². The first-order chi connectivity index (χ1) is 13.7. The molecule has 0 spiro atoms. The van der Waals surface area contributed by atoms with Gasteiger partial charge in [0.25, 0.3) is 0 Å². The minimum Gasteiger partial charge on any atom is -0.489 e. The van der Waals surface area contributed by atoms with Crippen molar-refractivity contribution < 1.29 is 14.3 Å². The van der Waals surface area contributed by atoms with Gasteiger partial charge in [0.1, 0.15) is 17.5 Å². The van der Waals surface area contributed by atoms with E-state index >= 15 is 0 Å². The van der Waals surface area contributed by atoms with Gasteiger partial charge in [0.15, 0.2) is 0 Å². The van der Waals surface area contributed by atoms with E-state index in [2.05, 4.69) is 0 Å². The molecule has 0 bridgehead atoms. The molecule has 29 heavy (non-hydrogen) atoms. The van der Waals surface area contributed by atoms with Gasteiger partial charge in [-0.2, -0.15) is 0 Å². The van der Waals surface area contributed by atoms with E-state index in [1.54, 1.807) is 4.90 Å². The molecule has 1 fully saturated rings. The number of halogens is 2. The number of likely N-dealkylation sites (tertiary alicyclic amines) is 1. The second-order valence-corrected chi connectivity index (χ2v) is 9.13. The monoisotopic (exact) mass is 435 g/mol. The van der Waals surface area contributed by atoms with Crippen LogP contribution < -0.4 is 4.74 Å². The van der Waals surface area contributed by atoms with Crippen molar-refractivity contribution in [2.75, 3.05) is 13.1 Å². The summed E-state index contributed by atoms with van der Waals surface area (Å²) in [4.78, 5) is 13.9. The molecule has 1 saturated heterocycles. The number of carbonyl (C=O) groups excluding carboxylic acids is 1. The van der Waals surface area contributed by atoms with Crippen LogP contribution in [0.3, 0.4) is 0 Å². The number of hydrogen-bond donors (Lipinski definition) is 0. The molecular formula is C23H27Cl2NO3. The first-order valence-corrected chi connectivity index (χ1v) is 10.6. The van der Waals surface area contributed by atoms with Crippen LogP contribution in [0.2, 0.25) is 10.0 Å². The van der Waals surface area contributed by atoms with Gasteiger partial charge in [0.05, 0.1) is 5.02 Å². The molecule has 2 aromatic carbocycles. The van der Waals surface area contributed by atoms with Crippen molar-refractivity contribution in [2.24, 2.45) is 0 Å². The molecule has 1 aliphatic rings. The molecule has 6 heteroatoms. The van der Waals surface area contributed by atoms with Gasteiger partial charge in [0.2, 0.25) is 0 Å². The fraction of sp³-hybridized carbons (Fsp3) is 0.435. The largest absolute Gasteiger partial charge is 0.489 e. The Bertz CT molecular complexity index is 838. The second kappa shape index (κ2) is 9.27. The van der Waals surface area contributed by atoms with Crippen LogP contribution in [0.15, 0.2) is 42.5 Å². The van der Waals surface area contributed by atoms with E-state index in [4.69, 9.17) is 32.7 Å². The third kappa shape index (κ3) is 6.28. The first kappa shape index (κ1) is 21.8. The Morgan fingerprint density at radius 3 is 2.34 bits per heavy atom. The molecule has 0 atom stereocenters. The average molecular weight is 436 g/mol. The Kier molecular flexibility index (Phi) is 6.97. The Morgan fingerprint density at radius 2 is 1.72 bits per heavy atom. The zero-order valence-electron chi connectivity index (χ0n) is 17.1. The smallest absolute Gasteiger partial charge is 0.410 e. The zero-order valence-corrected chi connectivity index (χ0v) is 18.6. The van der Waals surface area contributed by atoms with Crippen molar-refractivity contribution in [3.63, 3.8) is 0 Å². The molecule has 0 unspecified atom stereocenters. The quantitative estimate of drug-likeness (QED) is 0.560. The lowest BCUT2D eigenvalue weighted by atomic mass is 10.0. The lowest BCUT2D eigenvalue weighted by Gasteiger charge is -2.33. The highest BCUT2D eigenvalue weighted by Crippen LogP contribution is 2.32. The van der Waals surface area contributed by atoms with E-state index < -0.39 is 5.60 Å². The fourth-order valence-corrected chi connectivity index (χ4v) is 3.63. The number of amides is 1. The maximum Gasteiger partial charge on any atom is 0.410 e. The van der Waals surface area contributed by atoms with Crippen molar-refractivity contribution in [2.45, 2.75) is 51.7 Å². The third-order valence-electron chi connectivity index (χ3n) is 4.74. The number of ether oxygens (including phenoxy) is 2. The van der Waals surface area contributed by atoms with Crippen LogP contribution in [0.1, 0.15) is 44.7 Å². The minimum absolute atomic E-state index is 0.0250. The molecule has 3 rings (SSSR count). The highest BCUT2D eigenvalue weighted by atomic mass is 35.5. The fourth-order valence-electron chi connectivity index (χ4n) is 3.27. The Labute approximate surface area is 182 Å². The summed E-state index contributed by atoms with van der Waals surface area (Å²) in [6.07, 6.45) is 1.97. The highest BCUT2D eigenvalue weighted by Gasteiger charge is 2.28. The normalized spacial score (nSPS) is 15.3. The van der Waals surface area contributed by atoms with Crippen LogP contribution in [0.25, 0.3) is 0 Å². The van der Waals surface area contributed by atoms with Crippen LogP contribution in [0, 0.1) is 0 Å². The molecule has 0 aliphatic carbocycles. The summed E-state index contributed by atoms with van der Waals surface area (Å²) in [5, 5.41) is 1.35. The Morgan fingerprint density at radius 1 is 1.07 bits per heavy atom. The minimum atomic E-state index is -0.484. The van der Waals surface area contributed by atoms with Crippen LogP contribution >= 0.6 is 23.2 Å². The molecule has 1 aliphatic heterocycles. The van der Waals surface area contributed by atoms with E-state index in [1.807, 2.05) is 63.2 Å². The summed E-state index contributed by atoms with van der Waals surface area (Å²) < 4.78 is 11.6. The molecular weight excluding hydrogens is 409 g/mol. The summed E-state index contributed by atoms with van der Waals surface area (Å²) in [6, 6.07) is 13.6. The summed E-state index contributed by atoms with van der Waals surface area (Å²) in [5.41, 5.74) is 1.67. The van der Waals surface area contributed by atoms with E-state index in [0.717, 1.165) is 29.0 Å². The summed E-state index contributed by atoms with van der Waals surface area (Å²) in [7, 11) is 0. The standard InChI is InChI=1S/C23H27Cl2NO3/c1-23(2,3)29-22(27)26-13-11-19(12-14-26)28-20-6-4-5-17(21(20)25)15-16-7-9-18(24)10-8-16/h4-10,19H,11-15H2,1-3H3. The molecule has 0 aromatic heterocycles. The maximum atomic E-state index is 12.2. The predicted octanol–water partition coefficient (Wildman–Crippen LogP) is 6.36. The molecule has 4 nitrogen and oxygen atoms in total. The summed E-state index contributed by atoms with van der Waals surface area (Å²) in [5.74, 6) is 0.689. The van der Waals surface area contributed by atoms with Crippen LogP contribution in [0.4, 0.5) is 4.79 Å². The Balaban J connectivity index is 1.59. The predicted molar refractivity (Wildman–Crippen MR) is 117 cm³/mol. The second-order valence-electron chi connectivity index (χ2n) is 8.32. The van der Waals surface area contributed by atoms with Crippen molar-refractivity contribution in [1.82, 2.24) is 4.90 Å². The molecule has 0 saturated carbocycles. The number of hydrogen-bond acceptors (Lipinski definition) is 3. The van der Waals surface area contributed by atoms with E-state index in [1.165, 1.54) is 0 Å². The topological polar surface area (TPSA) is 38.8 Å². The van der Waals surface area contributed by atoms with Crippen LogP contribution in [-0.4, -0.2) is 35.8 Å². The number of benzene rings is 2. The molecule has 0 radical (unpaired) electrons. The van der Waals surface area contributed by atoms with Gasteiger partial charge < -0.3 is 14.4 Å². The lowest BCUT2D eigenvalue weighted by Crippen LogP contribution is -2.44. The third-order valence-corrected chi connectivity index (χ3v) is 5.42. The van der Waals surface area contributed by atoms with Gasteiger partial charge in [-0.1, -0.05) is 47.5 Å². The van der Waals surface area contributed by atoms with Crippen molar-refractivity contribution in [3.05, 3.63) is 63.6 Å².